The smallest absolute Gasteiger partial charge is 0.109 e. The number of aliphatic hydroxyl groups is 2. The molecule has 2 unspecified atom stereocenters. The predicted molar refractivity (Wildman–Crippen MR) is 57.4 cm³/mol. The SMILES string of the molecule is CCN(C(C)OCCO)C(C)OCCO. The third-order valence-electron chi connectivity index (χ3n) is 2.20. The van der Waals surface area contributed by atoms with Gasteiger partial charge in [0.05, 0.1) is 26.4 Å². The largest absolute Gasteiger partial charge is 0.394 e. The van der Waals surface area contributed by atoms with Crippen LogP contribution in [0.4, 0.5) is 0 Å². The fourth-order valence-electron chi connectivity index (χ4n) is 1.45. The molecule has 0 rings (SSSR count). The Morgan fingerprint density at radius 3 is 1.67 bits per heavy atom. The molecule has 0 heterocycles. The number of rotatable bonds is 9. The van der Waals surface area contributed by atoms with Crippen molar-refractivity contribution in [3.63, 3.8) is 0 Å². The van der Waals surface area contributed by atoms with Crippen LogP contribution in [0.2, 0.25) is 0 Å². The van der Waals surface area contributed by atoms with Gasteiger partial charge in [0.1, 0.15) is 12.5 Å². The summed E-state index contributed by atoms with van der Waals surface area (Å²) in [6, 6.07) is 0. The molecule has 92 valence electrons. The molecule has 0 saturated carbocycles. The molecule has 15 heavy (non-hydrogen) atoms. The normalized spacial score (nSPS) is 15.6. The minimum absolute atomic E-state index is 0.0216. The zero-order chi connectivity index (χ0) is 11.7. The number of hydrogen-bond acceptors (Lipinski definition) is 5. The van der Waals surface area contributed by atoms with Crippen molar-refractivity contribution in [2.24, 2.45) is 0 Å². The van der Waals surface area contributed by atoms with Crippen molar-refractivity contribution in [2.75, 3.05) is 33.0 Å². The first-order chi connectivity index (χ1) is 7.17. The van der Waals surface area contributed by atoms with Crippen LogP contribution in [0.1, 0.15) is 20.8 Å². The van der Waals surface area contributed by atoms with Crippen LogP contribution in [-0.2, 0) is 9.47 Å². The van der Waals surface area contributed by atoms with Gasteiger partial charge in [0.15, 0.2) is 0 Å². The molecular formula is C10H23NO4. The second kappa shape index (κ2) is 9.06. The van der Waals surface area contributed by atoms with Gasteiger partial charge < -0.3 is 19.7 Å². The Morgan fingerprint density at radius 1 is 1.00 bits per heavy atom. The first-order valence-electron chi connectivity index (χ1n) is 5.38. The van der Waals surface area contributed by atoms with Crippen LogP contribution in [0, 0.1) is 0 Å². The van der Waals surface area contributed by atoms with Crippen LogP contribution in [0.3, 0.4) is 0 Å². The highest BCUT2D eigenvalue weighted by atomic mass is 16.5. The molecule has 2 atom stereocenters. The Bertz CT molecular complexity index is 131. The molecule has 0 aliphatic carbocycles. The van der Waals surface area contributed by atoms with Gasteiger partial charge in [-0.15, -0.1) is 0 Å². The molecule has 5 heteroatoms. The maximum atomic E-state index is 8.64. The number of nitrogens with zero attached hydrogens (tertiary/aromatic N) is 1. The van der Waals surface area contributed by atoms with Crippen LogP contribution in [0.25, 0.3) is 0 Å². The topological polar surface area (TPSA) is 62.2 Å². The van der Waals surface area contributed by atoms with E-state index in [0.29, 0.717) is 13.2 Å². The van der Waals surface area contributed by atoms with E-state index in [4.69, 9.17) is 19.7 Å². The van der Waals surface area contributed by atoms with E-state index in [1.807, 2.05) is 25.7 Å². The number of aliphatic hydroxyl groups excluding tert-OH is 2. The van der Waals surface area contributed by atoms with Gasteiger partial charge in [-0.2, -0.15) is 0 Å². The average molecular weight is 221 g/mol. The Labute approximate surface area is 91.6 Å². The van der Waals surface area contributed by atoms with E-state index in [0.717, 1.165) is 6.54 Å². The highest BCUT2D eigenvalue weighted by Gasteiger charge is 2.18. The monoisotopic (exact) mass is 221 g/mol. The summed E-state index contributed by atoms with van der Waals surface area (Å²) in [6.07, 6.45) is -0.202. The lowest BCUT2D eigenvalue weighted by atomic mass is 10.4. The summed E-state index contributed by atoms with van der Waals surface area (Å²) in [5.74, 6) is 0. The van der Waals surface area contributed by atoms with Crippen LogP contribution in [0.5, 0.6) is 0 Å². The lowest BCUT2D eigenvalue weighted by molar-refractivity contribution is -0.144. The van der Waals surface area contributed by atoms with Crippen molar-refractivity contribution in [1.29, 1.82) is 0 Å². The third kappa shape index (κ3) is 6.06. The molecule has 0 amide bonds. The maximum Gasteiger partial charge on any atom is 0.109 e. The van der Waals surface area contributed by atoms with E-state index in [2.05, 4.69) is 0 Å². The van der Waals surface area contributed by atoms with E-state index < -0.39 is 0 Å². The molecule has 0 aromatic heterocycles. The Morgan fingerprint density at radius 2 is 1.40 bits per heavy atom. The van der Waals surface area contributed by atoms with Gasteiger partial charge >= 0.3 is 0 Å². The quantitative estimate of drug-likeness (QED) is 0.537. The standard InChI is InChI=1S/C10H23NO4/c1-4-11(9(2)14-7-5-12)10(3)15-8-6-13/h9-10,12-13H,4-8H2,1-3H3. The van der Waals surface area contributed by atoms with Crippen molar-refractivity contribution in [3.05, 3.63) is 0 Å². The summed E-state index contributed by atoms with van der Waals surface area (Å²) in [6.45, 7) is 7.32. The second-order valence-corrected chi connectivity index (χ2v) is 3.22. The van der Waals surface area contributed by atoms with Crippen LogP contribution in [0.15, 0.2) is 0 Å². The van der Waals surface area contributed by atoms with Crippen molar-refractivity contribution in [2.45, 2.75) is 33.2 Å². The van der Waals surface area contributed by atoms with Gasteiger partial charge in [-0.25, -0.2) is 0 Å². The molecule has 0 saturated heterocycles. The summed E-state index contributed by atoms with van der Waals surface area (Å²) < 4.78 is 10.8. The minimum atomic E-state index is -0.101. The molecule has 0 aliphatic rings. The average Bonchev–Trinajstić information content (AvgIpc) is 2.24. The van der Waals surface area contributed by atoms with Gasteiger partial charge in [0.2, 0.25) is 0 Å². The van der Waals surface area contributed by atoms with E-state index in [9.17, 15) is 0 Å². The zero-order valence-corrected chi connectivity index (χ0v) is 9.85. The van der Waals surface area contributed by atoms with E-state index in [-0.39, 0.29) is 25.7 Å². The zero-order valence-electron chi connectivity index (χ0n) is 9.85. The lowest BCUT2D eigenvalue weighted by Gasteiger charge is -2.32. The van der Waals surface area contributed by atoms with Crippen LogP contribution < -0.4 is 0 Å². The Balaban J connectivity index is 3.96. The number of hydrogen-bond donors (Lipinski definition) is 2. The minimum Gasteiger partial charge on any atom is -0.394 e. The first kappa shape index (κ1) is 14.8. The summed E-state index contributed by atoms with van der Waals surface area (Å²) in [4.78, 5) is 2.01. The Hall–Kier alpha value is -0.200. The lowest BCUT2D eigenvalue weighted by Crippen LogP contribution is -2.43. The molecule has 0 aromatic rings. The molecule has 0 aromatic carbocycles. The summed E-state index contributed by atoms with van der Waals surface area (Å²) in [5, 5.41) is 17.3. The second-order valence-electron chi connectivity index (χ2n) is 3.22. The first-order valence-corrected chi connectivity index (χ1v) is 5.38. The van der Waals surface area contributed by atoms with Crippen molar-refractivity contribution in [3.8, 4) is 0 Å². The van der Waals surface area contributed by atoms with Gasteiger partial charge in [-0.05, 0) is 13.8 Å². The molecular weight excluding hydrogens is 198 g/mol. The van der Waals surface area contributed by atoms with Crippen LogP contribution in [-0.4, -0.2) is 60.5 Å². The summed E-state index contributed by atoms with van der Waals surface area (Å²) in [7, 11) is 0. The van der Waals surface area contributed by atoms with Crippen molar-refractivity contribution in [1.82, 2.24) is 4.90 Å². The molecule has 0 aliphatic heterocycles. The maximum absolute atomic E-state index is 8.64. The highest BCUT2D eigenvalue weighted by molar-refractivity contribution is 4.59. The van der Waals surface area contributed by atoms with Crippen LogP contribution >= 0.6 is 0 Å². The van der Waals surface area contributed by atoms with Gasteiger partial charge in [0.25, 0.3) is 0 Å². The third-order valence-corrected chi connectivity index (χ3v) is 2.20. The number of ether oxygens (including phenoxy) is 2. The fourth-order valence-corrected chi connectivity index (χ4v) is 1.45. The molecule has 0 radical (unpaired) electrons. The molecule has 5 nitrogen and oxygen atoms in total. The molecule has 0 bridgehead atoms. The summed E-state index contributed by atoms with van der Waals surface area (Å²) in [5.41, 5.74) is 0. The molecule has 0 fully saturated rings. The van der Waals surface area contributed by atoms with E-state index >= 15 is 0 Å². The van der Waals surface area contributed by atoms with Crippen molar-refractivity contribution < 1.29 is 19.7 Å². The predicted octanol–water partition coefficient (Wildman–Crippen LogP) is 0.0181. The van der Waals surface area contributed by atoms with Crippen molar-refractivity contribution >= 4 is 0 Å². The summed E-state index contributed by atoms with van der Waals surface area (Å²) >= 11 is 0. The fraction of sp³-hybridized carbons (Fsp3) is 1.00. The van der Waals surface area contributed by atoms with Gasteiger partial charge in [-0.3, -0.25) is 4.90 Å². The molecule has 2 N–H and O–H groups in total. The highest BCUT2D eigenvalue weighted by Crippen LogP contribution is 2.07. The van der Waals surface area contributed by atoms with E-state index in [1.54, 1.807) is 0 Å². The van der Waals surface area contributed by atoms with Gasteiger partial charge in [-0.1, -0.05) is 6.92 Å². The van der Waals surface area contributed by atoms with Gasteiger partial charge in [0, 0.05) is 6.54 Å². The Kier molecular flexibility index (Phi) is 8.94. The molecule has 0 spiro atoms. The van der Waals surface area contributed by atoms with E-state index in [1.165, 1.54) is 0 Å².